The van der Waals surface area contributed by atoms with Gasteiger partial charge in [0.05, 0.1) is 13.1 Å². The normalized spacial score (nSPS) is 8.18. The number of likely N-dealkylation sites (N-methyl/N-ethyl adjacent to an activating group) is 1. The number of hydrogen-bond donors (Lipinski definition) is 3. The summed E-state index contributed by atoms with van der Waals surface area (Å²) in [5.41, 5.74) is 5.64. The summed E-state index contributed by atoms with van der Waals surface area (Å²) in [6, 6.07) is 0. The molecule has 0 heterocycles. The number of nitrogens with two attached hydrogens (primary N) is 1. The average Bonchev–Trinajstić information content (AvgIpc) is 2.71. The van der Waals surface area contributed by atoms with Crippen molar-refractivity contribution in [2.24, 2.45) is 5.73 Å². The van der Waals surface area contributed by atoms with Gasteiger partial charge in [-0.25, -0.2) is 0 Å². The van der Waals surface area contributed by atoms with Crippen LogP contribution in [0.4, 0.5) is 0 Å². The van der Waals surface area contributed by atoms with Crippen LogP contribution in [0.5, 0.6) is 0 Å². The average molecular weight is 481 g/mol. The third kappa shape index (κ3) is 30.0. The molecule has 0 bridgehead atoms. The van der Waals surface area contributed by atoms with Crippen LogP contribution in [0.3, 0.4) is 0 Å². The van der Waals surface area contributed by atoms with E-state index in [0.29, 0.717) is 11.1 Å². The Morgan fingerprint density at radius 2 is 1.18 bits per heavy atom. The number of imide groups is 1. The Kier molecular flexibility index (Phi) is 24.1. The van der Waals surface area contributed by atoms with E-state index in [1.807, 2.05) is 5.32 Å². The van der Waals surface area contributed by atoms with E-state index in [9.17, 15) is 33.6 Å². The van der Waals surface area contributed by atoms with Crippen LogP contribution < -0.4 is 16.4 Å². The molecule has 0 aromatic carbocycles. The standard InChI is InChI=1S/C9H13NO3.C5H7NO2.C5H9NO.C4H7NO/c1-4-9(13)10(5-7(2)11)6-8(3)12;1-3-5(8)6-4(2)7;1-4(2)5(7)6-3;1-3(2)4(5)6/h4H,1,5-6H2,2-3H3;3H,1H2,2H3,(H,6,7,8);1H2,2-3H3,(H,6,7);1H2,2H3,(H2,5,6). The fourth-order valence-electron chi connectivity index (χ4n) is 1.32. The van der Waals surface area contributed by atoms with Crippen molar-refractivity contribution in [3.8, 4) is 0 Å². The molecule has 34 heavy (non-hydrogen) atoms. The number of carbonyl (C=O) groups is 7. The summed E-state index contributed by atoms with van der Waals surface area (Å²) in [4.78, 5) is 74.0. The van der Waals surface area contributed by atoms with Gasteiger partial charge in [-0.2, -0.15) is 0 Å². The van der Waals surface area contributed by atoms with Gasteiger partial charge in [0.25, 0.3) is 0 Å². The molecule has 11 heteroatoms. The molecule has 11 nitrogen and oxygen atoms in total. The molecular weight excluding hydrogens is 444 g/mol. The van der Waals surface area contributed by atoms with Gasteiger partial charge >= 0.3 is 0 Å². The molecular formula is C23H36N4O7. The van der Waals surface area contributed by atoms with Gasteiger partial charge in [-0.3, -0.25) is 38.9 Å². The molecule has 0 fully saturated rings. The van der Waals surface area contributed by atoms with Gasteiger partial charge < -0.3 is 16.0 Å². The Hall–Kier alpha value is -4.15. The lowest BCUT2D eigenvalue weighted by Gasteiger charge is -2.17. The molecule has 0 aliphatic carbocycles. The number of nitrogens with zero attached hydrogens (tertiary/aromatic N) is 1. The fraction of sp³-hybridized carbons (Fsp3) is 0.348. The first kappa shape index (κ1) is 37.2. The molecule has 190 valence electrons. The minimum atomic E-state index is -0.461. The summed E-state index contributed by atoms with van der Waals surface area (Å²) < 4.78 is 0. The monoisotopic (exact) mass is 480 g/mol. The highest BCUT2D eigenvalue weighted by atomic mass is 16.2. The number of Topliss-reactive ketones (excluding diaryl/α,β-unsaturated/α-hetero) is 2. The second kappa shape index (κ2) is 22.1. The van der Waals surface area contributed by atoms with Crippen LogP contribution in [0.25, 0.3) is 0 Å². The van der Waals surface area contributed by atoms with Crippen molar-refractivity contribution in [3.05, 3.63) is 49.6 Å². The van der Waals surface area contributed by atoms with E-state index in [1.54, 1.807) is 20.9 Å². The lowest BCUT2D eigenvalue weighted by molar-refractivity contribution is -0.134. The maximum Gasteiger partial charge on any atom is 0.249 e. The number of rotatable bonds is 8. The van der Waals surface area contributed by atoms with Crippen molar-refractivity contribution in [1.29, 1.82) is 0 Å². The van der Waals surface area contributed by atoms with Crippen molar-refractivity contribution >= 4 is 41.1 Å². The van der Waals surface area contributed by atoms with Crippen molar-refractivity contribution < 1.29 is 33.6 Å². The third-order valence-corrected chi connectivity index (χ3v) is 2.83. The lowest BCUT2D eigenvalue weighted by atomic mass is 10.3. The van der Waals surface area contributed by atoms with Crippen LogP contribution in [-0.4, -0.2) is 66.1 Å². The predicted molar refractivity (Wildman–Crippen MR) is 130 cm³/mol. The van der Waals surface area contributed by atoms with Crippen molar-refractivity contribution in [2.75, 3.05) is 20.1 Å². The summed E-state index contributed by atoms with van der Waals surface area (Å²) in [7, 11) is 1.58. The zero-order valence-corrected chi connectivity index (χ0v) is 20.8. The summed E-state index contributed by atoms with van der Waals surface area (Å²) in [5, 5.41) is 4.42. The van der Waals surface area contributed by atoms with Crippen LogP contribution >= 0.6 is 0 Å². The molecule has 0 rings (SSSR count). The second-order valence-corrected chi connectivity index (χ2v) is 6.56. The molecule has 0 radical (unpaired) electrons. The molecule has 0 unspecified atom stereocenters. The van der Waals surface area contributed by atoms with Crippen LogP contribution in [0, 0.1) is 0 Å². The number of amides is 5. The van der Waals surface area contributed by atoms with E-state index in [0.717, 1.165) is 17.1 Å². The van der Waals surface area contributed by atoms with E-state index < -0.39 is 17.7 Å². The van der Waals surface area contributed by atoms with Crippen molar-refractivity contribution in [2.45, 2.75) is 34.6 Å². The molecule has 0 atom stereocenters. The predicted octanol–water partition coefficient (Wildman–Crippen LogP) is 0.370. The molecule has 5 amide bonds. The highest BCUT2D eigenvalue weighted by Crippen LogP contribution is 1.92. The van der Waals surface area contributed by atoms with Gasteiger partial charge in [0.2, 0.25) is 29.5 Å². The molecule has 0 saturated carbocycles. The second-order valence-electron chi connectivity index (χ2n) is 6.56. The van der Waals surface area contributed by atoms with Crippen LogP contribution in [0.15, 0.2) is 49.6 Å². The third-order valence-electron chi connectivity index (χ3n) is 2.83. The maximum atomic E-state index is 11.1. The van der Waals surface area contributed by atoms with Gasteiger partial charge in [0.1, 0.15) is 11.6 Å². The van der Waals surface area contributed by atoms with E-state index in [4.69, 9.17) is 5.73 Å². The minimum absolute atomic E-state index is 0.0373. The summed E-state index contributed by atoms with van der Waals surface area (Å²) in [5.74, 6) is -2.07. The van der Waals surface area contributed by atoms with Crippen LogP contribution in [-0.2, 0) is 33.6 Å². The first-order chi connectivity index (χ1) is 15.5. The van der Waals surface area contributed by atoms with Gasteiger partial charge in [0.15, 0.2) is 0 Å². The summed E-state index contributed by atoms with van der Waals surface area (Å²) in [6.45, 7) is 20.3. The molecule has 0 aromatic rings. The Morgan fingerprint density at radius 1 is 0.794 bits per heavy atom. The van der Waals surface area contributed by atoms with E-state index >= 15 is 0 Å². The van der Waals surface area contributed by atoms with Crippen LogP contribution in [0.1, 0.15) is 34.6 Å². The Morgan fingerprint density at radius 3 is 1.29 bits per heavy atom. The fourth-order valence-corrected chi connectivity index (χ4v) is 1.32. The van der Waals surface area contributed by atoms with E-state index in [-0.39, 0.29) is 36.5 Å². The number of ketones is 2. The van der Waals surface area contributed by atoms with Gasteiger partial charge in [-0.1, -0.05) is 26.3 Å². The topological polar surface area (TPSA) is 173 Å². The Labute approximate surface area is 200 Å². The lowest BCUT2D eigenvalue weighted by Crippen LogP contribution is -2.37. The molecule has 0 aromatic heterocycles. The molecule has 0 spiro atoms. The quantitative estimate of drug-likeness (QED) is 0.421. The van der Waals surface area contributed by atoms with Crippen molar-refractivity contribution in [1.82, 2.24) is 15.5 Å². The highest BCUT2D eigenvalue weighted by molar-refractivity contribution is 5.99. The van der Waals surface area contributed by atoms with E-state index in [1.165, 1.54) is 20.8 Å². The number of carbonyl (C=O) groups excluding carboxylic acids is 7. The minimum Gasteiger partial charge on any atom is -0.366 e. The first-order valence-corrected chi connectivity index (χ1v) is 9.63. The highest BCUT2D eigenvalue weighted by Gasteiger charge is 2.13. The number of hydrogen-bond acceptors (Lipinski definition) is 7. The summed E-state index contributed by atoms with van der Waals surface area (Å²) >= 11 is 0. The molecule has 4 N–H and O–H groups in total. The molecule has 0 saturated heterocycles. The maximum absolute atomic E-state index is 11.1. The Balaban J connectivity index is -0.000000186. The smallest absolute Gasteiger partial charge is 0.249 e. The van der Waals surface area contributed by atoms with Crippen molar-refractivity contribution in [3.63, 3.8) is 0 Å². The Bertz CT molecular complexity index is 786. The van der Waals surface area contributed by atoms with Gasteiger partial charge in [-0.15, -0.1) is 0 Å². The molecule has 0 aliphatic rings. The first-order valence-electron chi connectivity index (χ1n) is 9.63. The SMILES string of the molecule is C=C(C)C(=O)NC.C=C(C)C(N)=O.C=CC(=O)N(CC(C)=O)CC(C)=O.C=CC(=O)NC(C)=O. The zero-order valence-electron chi connectivity index (χ0n) is 20.8. The van der Waals surface area contributed by atoms with Crippen LogP contribution in [0.2, 0.25) is 0 Å². The zero-order chi connectivity index (χ0) is 28.0. The number of nitrogens with one attached hydrogen (secondary N) is 2. The van der Waals surface area contributed by atoms with Gasteiger partial charge in [0, 0.05) is 25.1 Å². The molecule has 0 aliphatic heterocycles. The summed E-state index contributed by atoms with van der Waals surface area (Å²) in [6.07, 6.45) is 2.13. The number of primary amides is 1. The van der Waals surface area contributed by atoms with Gasteiger partial charge in [-0.05, 0) is 39.8 Å². The van der Waals surface area contributed by atoms with E-state index in [2.05, 4.69) is 31.6 Å². The largest absolute Gasteiger partial charge is 0.366 e.